The molecule has 0 bridgehead atoms. The molecule has 1 aliphatic rings. The third-order valence-electron chi connectivity index (χ3n) is 4.28. The molecule has 20 heavy (non-hydrogen) atoms. The van der Waals surface area contributed by atoms with Gasteiger partial charge in [-0.25, -0.2) is 0 Å². The van der Waals surface area contributed by atoms with Crippen LogP contribution >= 0.6 is 15.9 Å². The van der Waals surface area contributed by atoms with Gasteiger partial charge in [0.2, 0.25) is 0 Å². The average molecular weight is 338 g/mol. The SMILES string of the molecule is CC(O)C1CCN(Cn2ncc3c(Br)cccc32)CC1. The van der Waals surface area contributed by atoms with Crippen LogP contribution in [0.3, 0.4) is 0 Å². The summed E-state index contributed by atoms with van der Waals surface area (Å²) < 4.78 is 3.15. The van der Waals surface area contributed by atoms with Gasteiger partial charge in [-0.05, 0) is 37.8 Å². The topological polar surface area (TPSA) is 41.3 Å². The highest BCUT2D eigenvalue weighted by Crippen LogP contribution is 2.25. The van der Waals surface area contributed by atoms with Gasteiger partial charge in [0.15, 0.2) is 0 Å². The Morgan fingerprint density at radius 1 is 1.40 bits per heavy atom. The molecular formula is C15H20BrN3O. The summed E-state index contributed by atoms with van der Waals surface area (Å²) in [6.07, 6.45) is 3.88. The number of aliphatic hydroxyl groups is 1. The van der Waals surface area contributed by atoms with E-state index in [9.17, 15) is 5.11 Å². The van der Waals surface area contributed by atoms with E-state index in [1.807, 2.05) is 25.3 Å². The van der Waals surface area contributed by atoms with E-state index >= 15 is 0 Å². The van der Waals surface area contributed by atoms with E-state index in [0.717, 1.165) is 48.0 Å². The number of benzene rings is 1. The molecule has 1 atom stereocenters. The maximum absolute atomic E-state index is 9.65. The van der Waals surface area contributed by atoms with Crippen molar-refractivity contribution in [2.75, 3.05) is 13.1 Å². The fourth-order valence-corrected chi connectivity index (χ4v) is 3.41. The zero-order valence-electron chi connectivity index (χ0n) is 11.7. The first-order chi connectivity index (χ1) is 9.65. The van der Waals surface area contributed by atoms with Crippen molar-refractivity contribution in [2.45, 2.75) is 32.5 Å². The molecule has 0 aliphatic carbocycles. The molecule has 1 N–H and O–H groups in total. The zero-order chi connectivity index (χ0) is 14.1. The van der Waals surface area contributed by atoms with Crippen LogP contribution in [0.25, 0.3) is 10.9 Å². The van der Waals surface area contributed by atoms with E-state index in [2.05, 4.69) is 36.7 Å². The fraction of sp³-hybridized carbons (Fsp3) is 0.533. The van der Waals surface area contributed by atoms with Crippen LogP contribution in [0.15, 0.2) is 28.9 Å². The lowest BCUT2D eigenvalue weighted by Crippen LogP contribution is -2.38. The summed E-state index contributed by atoms with van der Waals surface area (Å²) in [5, 5.41) is 15.3. The minimum absolute atomic E-state index is 0.182. The lowest BCUT2D eigenvalue weighted by molar-refractivity contribution is 0.0602. The highest BCUT2D eigenvalue weighted by Gasteiger charge is 2.23. The molecule has 2 aromatic rings. The van der Waals surface area contributed by atoms with Crippen LogP contribution in [-0.2, 0) is 6.67 Å². The van der Waals surface area contributed by atoms with E-state index in [1.165, 1.54) is 0 Å². The molecular weight excluding hydrogens is 318 g/mol. The monoisotopic (exact) mass is 337 g/mol. The summed E-state index contributed by atoms with van der Waals surface area (Å²) >= 11 is 3.56. The van der Waals surface area contributed by atoms with Crippen molar-refractivity contribution >= 4 is 26.8 Å². The van der Waals surface area contributed by atoms with E-state index in [0.29, 0.717) is 5.92 Å². The van der Waals surface area contributed by atoms with E-state index in [4.69, 9.17) is 0 Å². The predicted molar refractivity (Wildman–Crippen MR) is 83.4 cm³/mol. The largest absolute Gasteiger partial charge is 0.393 e. The van der Waals surface area contributed by atoms with Crippen LogP contribution in [-0.4, -0.2) is 39.0 Å². The standard InChI is InChI=1S/C15H20BrN3O/c1-11(20)12-5-7-18(8-6-12)10-19-15-4-2-3-14(16)13(15)9-17-19/h2-4,9,11-12,20H,5-8,10H2,1H3. The van der Waals surface area contributed by atoms with Crippen molar-refractivity contribution in [3.63, 3.8) is 0 Å². The number of likely N-dealkylation sites (tertiary alicyclic amines) is 1. The van der Waals surface area contributed by atoms with E-state index in [1.54, 1.807) is 0 Å². The number of hydrogen-bond donors (Lipinski definition) is 1. The Kier molecular flexibility index (Phi) is 4.10. The Hall–Kier alpha value is -0.910. The molecule has 108 valence electrons. The Morgan fingerprint density at radius 2 is 2.15 bits per heavy atom. The maximum Gasteiger partial charge on any atom is 0.0936 e. The summed E-state index contributed by atoms with van der Waals surface area (Å²) in [6, 6.07) is 6.20. The molecule has 1 saturated heterocycles. The molecule has 1 aromatic heterocycles. The molecule has 0 saturated carbocycles. The zero-order valence-corrected chi connectivity index (χ0v) is 13.3. The first-order valence-electron chi connectivity index (χ1n) is 7.15. The van der Waals surface area contributed by atoms with Crippen LogP contribution in [0.2, 0.25) is 0 Å². The summed E-state index contributed by atoms with van der Waals surface area (Å²) in [7, 11) is 0. The first-order valence-corrected chi connectivity index (χ1v) is 7.95. The molecule has 1 aliphatic heterocycles. The van der Waals surface area contributed by atoms with Gasteiger partial charge in [0.25, 0.3) is 0 Å². The van der Waals surface area contributed by atoms with Gasteiger partial charge in [-0.15, -0.1) is 0 Å². The summed E-state index contributed by atoms with van der Waals surface area (Å²) in [5.74, 6) is 0.453. The Labute approximate surface area is 127 Å². The number of rotatable bonds is 3. The molecule has 2 heterocycles. The lowest BCUT2D eigenvalue weighted by Gasteiger charge is -2.33. The van der Waals surface area contributed by atoms with Gasteiger partial charge in [-0.3, -0.25) is 9.58 Å². The summed E-state index contributed by atoms with van der Waals surface area (Å²) in [5.41, 5.74) is 1.16. The quantitative estimate of drug-likeness (QED) is 0.936. The van der Waals surface area contributed by atoms with Gasteiger partial charge >= 0.3 is 0 Å². The minimum Gasteiger partial charge on any atom is -0.393 e. The highest BCUT2D eigenvalue weighted by atomic mass is 79.9. The van der Waals surface area contributed by atoms with Crippen LogP contribution in [0.1, 0.15) is 19.8 Å². The van der Waals surface area contributed by atoms with E-state index in [-0.39, 0.29) is 6.10 Å². The molecule has 0 spiro atoms. The summed E-state index contributed by atoms with van der Waals surface area (Å²) in [6.45, 7) is 4.79. The lowest BCUT2D eigenvalue weighted by atomic mass is 9.92. The molecule has 3 rings (SSSR count). The fourth-order valence-electron chi connectivity index (χ4n) is 2.95. The van der Waals surface area contributed by atoms with Crippen molar-refractivity contribution < 1.29 is 5.11 Å². The molecule has 1 aromatic carbocycles. The van der Waals surface area contributed by atoms with Gasteiger partial charge in [0.05, 0.1) is 24.5 Å². The molecule has 4 nitrogen and oxygen atoms in total. The first kappa shape index (κ1) is 14.0. The van der Waals surface area contributed by atoms with Gasteiger partial charge in [-0.1, -0.05) is 22.0 Å². The van der Waals surface area contributed by atoms with Crippen molar-refractivity contribution in [1.82, 2.24) is 14.7 Å². The van der Waals surface area contributed by atoms with Gasteiger partial charge in [0, 0.05) is 22.9 Å². The Bertz CT molecular complexity index is 588. The number of fused-ring (bicyclic) bond motifs is 1. The average Bonchev–Trinajstić information content (AvgIpc) is 2.84. The summed E-state index contributed by atoms with van der Waals surface area (Å²) in [4.78, 5) is 2.41. The maximum atomic E-state index is 9.65. The van der Waals surface area contributed by atoms with Gasteiger partial charge < -0.3 is 5.11 Å². The Balaban J connectivity index is 1.70. The van der Waals surface area contributed by atoms with Crippen molar-refractivity contribution in [3.8, 4) is 0 Å². The second kappa shape index (κ2) is 5.84. The van der Waals surface area contributed by atoms with Crippen molar-refractivity contribution in [1.29, 1.82) is 0 Å². The van der Waals surface area contributed by atoms with Crippen LogP contribution in [0.4, 0.5) is 0 Å². The molecule has 1 fully saturated rings. The number of aliphatic hydroxyl groups excluding tert-OH is 1. The number of hydrogen-bond acceptors (Lipinski definition) is 3. The number of halogens is 1. The molecule has 5 heteroatoms. The second-order valence-electron chi connectivity index (χ2n) is 5.65. The normalized spacial score (nSPS) is 19.6. The smallest absolute Gasteiger partial charge is 0.0936 e. The number of piperidine rings is 1. The number of nitrogens with zero attached hydrogens (tertiary/aromatic N) is 3. The molecule has 1 unspecified atom stereocenters. The predicted octanol–water partition coefficient (Wildman–Crippen LogP) is 2.85. The highest BCUT2D eigenvalue weighted by molar-refractivity contribution is 9.10. The Morgan fingerprint density at radius 3 is 2.85 bits per heavy atom. The van der Waals surface area contributed by atoms with Crippen LogP contribution in [0, 0.1) is 5.92 Å². The minimum atomic E-state index is -0.182. The molecule has 0 radical (unpaired) electrons. The van der Waals surface area contributed by atoms with Gasteiger partial charge in [-0.2, -0.15) is 5.10 Å². The third kappa shape index (κ3) is 2.75. The molecule has 0 amide bonds. The van der Waals surface area contributed by atoms with Crippen molar-refractivity contribution in [3.05, 3.63) is 28.9 Å². The second-order valence-corrected chi connectivity index (χ2v) is 6.51. The van der Waals surface area contributed by atoms with Crippen molar-refractivity contribution in [2.24, 2.45) is 5.92 Å². The van der Waals surface area contributed by atoms with Crippen LogP contribution in [0.5, 0.6) is 0 Å². The number of aromatic nitrogens is 2. The van der Waals surface area contributed by atoms with Gasteiger partial charge in [0.1, 0.15) is 0 Å². The van der Waals surface area contributed by atoms with Crippen LogP contribution < -0.4 is 0 Å². The van der Waals surface area contributed by atoms with E-state index < -0.39 is 0 Å². The third-order valence-corrected chi connectivity index (χ3v) is 4.97.